The van der Waals surface area contributed by atoms with Crippen LogP contribution in [-0.4, -0.2) is 44.5 Å². The second-order valence-electron chi connectivity index (χ2n) is 3.61. The lowest BCUT2D eigenvalue weighted by atomic mass is 10.0. The Labute approximate surface area is 74.6 Å². The highest BCUT2D eigenvalue weighted by atomic mass is 16.7. The van der Waals surface area contributed by atoms with Gasteiger partial charge in [-0.25, -0.2) is 0 Å². The SMILES string of the molecule is COC1CCC(N(C)C)C(C)O1. The first-order chi connectivity index (χ1) is 5.65. The summed E-state index contributed by atoms with van der Waals surface area (Å²) in [5.41, 5.74) is 0. The molecule has 3 atom stereocenters. The number of methoxy groups -OCH3 is 1. The molecule has 3 nitrogen and oxygen atoms in total. The van der Waals surface area contributed by atoms with Gasteiger partial charge in [0.15, 0.2) is 6.29 Å². The van der Waals surface area contributed by atoms with Gasteiger partial charge in [-0.1, -0.05) is 0 Å². The number of rotatable bonds is 2. The number of hydrogen-bond acceptors (Lipinski definition) is 3. The lowest BCUT2D eigenvalue weighted by Crippen LogP contribution is -2.45. The minimum Gasteiger partial charge on any atom is -0.356 e. The lowest BCUT2D eigenvalue weighted by Gasteiger charge is -2.37. The van der Waals surface area contributed by atoms with Crippen LogP contribution in [0.15, 0.2) is 0 Å². The Kier molecular flexibility index (Phi) is 3.50. The van der Waals surface area contributed by atoms with Crippen LogP contribution in [0, 0.1) is 0 Å². The van der Waals surface area contributed by atoms with E-state index in [1.807, 2.05) is 0 Å². The van der Waals surface area contributed by atoms with Gasteiger partial charge in [0.1, 0.15) is 0 Å². The summed E-state index contributed by atoms with van der Waals surface area (Å²) in [5.74, 6) is 0. The van der Waals surface area contributed by atoms with Crippen LogP contribution in [0.1, 0.15) is 19.8 Å². The monoisotopic (exact) mass is 173 g/mol. The van der Waals surface area contributed by atoms with Gasteiger partial charge in [-0.05, 0) is 33.9 Å². The van der Waals surface area contributed by atoms with E-state index in [-0.39, 0.29) is 12.4 Å². The maximum absolute atomic E-state index is 5.65. The molecule has 1 aliphatic heterocycles. The summed E-state index contributed by atoms with van der Waals surface area (Å²) in [5, 5.41) is 0. The molecule has 0 spiro atoms. The van der Waals surface area contributed by atoms with Crippen molar-refractivity contribution in [2.75, 3.05) is 21.2 Å². The molecule has 0 amide bonds. The molecule has 0 saturated carbocycles. The maximum atomic E-state index is 5.65. The fourth-order valence-electron chi connectivity index (χ4n) is 1.79. The van der Waals surface area contributed by atoms with Crippen LogP contribution in [0.5, 0.6) is 0 Å². The van der Waals surface area contributed by atoms with Crippen molar-refractivity contribution in [3.63, 3.8) is 0 Å². The van der Waals surface area contributed by atoms with E-state index in [2.05, 4.69) is 25.9 Å². The predicted molar refractivity (Wildman–Crippen MR) is 48.1 cm³/mol. The molecule has 0 aromatic rings. The number of nitrogens with zero attached hydrogens (tertiary/aromatic N) is 1. The summed E-state index contributed by atoms with van der Waals surface area (Å²) >= 11 is 0. The van der Waals surface area contributed by atoms with E-state index in [1.54, 1.807) is 7.11 Å². The molecule has 1 heterocycles. The molecule has 1 rings (SSSR count). The van der Waals surface area contributed by atoms with Crippen LogP contribution >= 0.6 is 0 Å². The average Bonchev–Trinajstić information content (AvgIpc) is 2.03. The average molecular weight is 173 g/mol. The van der Waals surface area contributed by atoms with E-state index < -0.39 is 0 Å². The first-order valence-electron chi connectivity index (χ1n) is 4.50. The molecule has 1 fully saturated rings. The van der Waals surface area contributed by atoms with Crippen LogP contribution in [0.2, 0.25) is 0 Å². The van der Waals surface area contributed by atoms with Gasteiger partial charge in [0.2, 0.25) is 0 Å². The van der Waals surface area contributed by atoms with Crippen molar-refractivity contribution < 1.29 is 9.47 Å². The summed E-state index contributed by atoms with van der Waals surface area (Å²) in [6.07, 6.45) is 2.45. The van der Waals surface area contributed by atoms with Gasteiger partial charge in [0, 0.05) is 13.2 Å². The molecule has 0 N–H and O–H groups in total. The van der Waals surface area contributed by atoms with Crippen molar-refractivity contribution >= 4 is 0 Å². The highest BCUT2D eigenvalue weighted by Gasteiger charge is 2.28. The van der Waals surface area contributed by atoms with Gasteiger partial charge in [0.25, 0.3) is 0 Å². The molecule has 3 heteroatoms. The van der Waals surface area contributed by atoms with Gasteiger partial charge < -0.3 is 14.4 Å². The third-order valence-electron chi connectivity index (χ3n) is 2.53. The van der Waals surface area contributed by atoms with Crippen LogP contribution in [-0.2, 0) is 9.47 Å². The highest BCUT2D eigenvalue weighted by molar-refractivity contribution is 4.78. The molecule has 1 aliphatic rings. The lowest BCUT2D eigenvalue weighted by molar-refractivity contribution is -0.192. The zero-order chi connectivity index (χ0) is 9.14. The first-order valence-corrected chi connectivity index (χ1v) is 4.50. The molecular weight excluding hydrogens is 154 g/mol. The van der Waals surface area contributed by atoms with E-state index in [0.717, 1.165) is 12.8 Å². The Morgan fingerprint density at radius 3 is 2.42 bits per heavy atom. The van der Waals surface area contributed by atoms with Crippen molar-refractivity contribution in [2.45, 2.75) is 38.2 Å². The Morgan fingerprint density at radius 1 is 1.33 bits per heavy atom. The predicted octanol–water partition coefficient (Wildman–Crippen LogP) is 1.09. The van der Waals surface area contributed by atoms with E-state index in [0.29, 0.717) is 6.04 Å². The fourth-order valence-corrected chi connectivity index (χ4v) is 1.79. The zero-order valence-electron chi connectivity index (χ0n) is 8.41. The van der Waals surface area contributed by atoms with Crippen LogP contribution in [0.4, 0.5) is 0 Å². The third-order valence-corrected chi connectivity index (χ3v) is 2.53. The normalized spacial score (nSPS) is 37.2. The third kappa shape index (κ3) is 2.19. The van der Waals surface area contributed by atoms with Gasteiger partial charge in [-0.15, -0.1) is 0 Å². The second-order valence-corrected chi connectivity index (χ2v) is 3.61. The molecule has 0 bridgehead atoms. The summed E-state index contributed by atoms with van der Waals surface area (Å²) in [6.45, 7) is 2.11. The molecule has 0 aromatic carbocycles. The van der Waals surface area contributed by atoms with Crippen LogP contribution in [0.25, 0.3) is 0 Å². The Hall–Kier alpha value is -0.120. The van der Waals surface area contributed by atoms with E-state index in [1.165, 1.54) is 0 Å². The second kappa shape index (κ2) is 4.21. The van der Waals surface area contributed by atoms with Crippen molar-refractivity contribution in [1.82, 2.24) is 4.90 Å². The Balaban J connectivity index is 2.42. The molecular formula is C9H19NO2. The van der Waals surface area contributed by atoms with Gasteiger partial charge >= 0.3 is 0 Å². The Bertz CT molecular complexity index is 138. The van der Waals surface area contributed by atoms with Crippen LogP contribution < -0.4 is 0 Å². The number of ether oxygens (including phenoxy) is 2. The minimum atomic E-state index is 0.0104. The van der Waals surface area contributed by atoms with Gasteiger partial charge in [-0.3, -0.25) is 0 Å². The largest absolute Gasteiger partial charge is 0.356 e. The molecule has 72 valence electrons. The Morgan fingerprint density at radius 2 is 2.00 bits per heavy atom. The smallest absolute Gasteiger partial charge is 0.157 e. The van der Waals surface area contributed by atoms with Crippen LogP contribution in [0.3, 0.4) is 0 Å². The summed E-state index contributed by atoms with van der Waals surface area (Å²) in [6, 6.07) is 0.538. The van der Waals surface area contributed by atoms with Crippen molar-refractivity contribution in [2.24, 2.45) is 0 Å². The molecule has 3 unspecified atom stereocenters. The highest BCUT2D eigenvalue weighted by Crippen LogP contribution is 2.22. The number of hydrogen-bond donors (Lipinski definition) is 0. The zero-order valence-corrected chi connectivity index (χ0v) is 8.41. The summed E-state index contributed by atoms with van der Waals surface area (Å²) in [4.78, 5) is 2.22. The van der Waals surface area contributed by atoms with Crippen molar-refractivity contribution in [3.8, 4) is 0 Å². The quantitative estimate of drug-likeness (QED) is 0.624. The van der Waals surface area contributed by atoms with E-state index >= 15 is 0 Å². The molecule has 12 heavy (non-hydrogen) atoms. The van der Waals surface area contributed by atoms with Gasteiger partial charge in [0.05, 0.1) is 6.10 Å². The summed E-state index contributed by atoms with van der Waals surface area (Å²) < 4.78 is 10.8. The van der Waals surface area contributed by atoms with Crippen molar-refractivity contribution in [1.29, 1.82) is 0 Å². The first kappa shape index (κ1) is 9.96. The van der Waals surface area contributed by atoms with Gasteiger partial charge in [-0.2, -0.15) is 0 Å². The molecule has 0 aromatic heterocycles. The molecule has 0 aliphatic carbocycles. The van der Waals surface area contributed by atoms with Crippen molar-refractivity contribution in [3.05, 3.63) is 0 Å². The summed E-state index contributed by atoms with van der Waals surface area (Å²) in [7, 11) is 5.89. The topological polar surface area (TPSA) is 21.7 Å². The van der Waals surface area contributed by atoms with E-state index in [4.69, 9.17) is 9.47 Å². The standard InChI is InChI=1S/C9H19NO2/c1-7-8(10(2)3)5-6-9(11-4)12-7/h7-9H,5-6H2,1-4H3. The fraction of sp³-hybridized carbons (Fsp3) is 1.00. The minimum absolute atomic E-state index is 0.0104. The maximum Gasteiger partial charge on any atom is 0.157 e. The van der Waals surface area contributed by atoms with E-state index in [9.17, 15) is 0 Å². The molecule has 0 radical (unpaired) electrons. The number of likely N-dealkylation sites (N-methyl/N-ethyl adjacent to an activating group) is 1. The molecule has 1 saturated heterocycles.